The lowest BCUT2D eigenvalue weighted by Gasteiger charge is -2.13. The van der Waals surface area contributed by atoms with Crippen molar-refractivity contribution in [2.24, 2.45) is 7.05 Å². The molecule has 3 aromatic rings. The number of nitrogens with zero attached hydrogens (tertiary/aromatic N) is 2. The number of carbonyl (C=O) groups excluding carboxylic acids is 2. The Morgan fingerprint density at radius 2 is 1.96 bits per heavy atom. The van der Waals surface area contributed by atoms with Gasteiger partial charge in [0.1, 0.15) is 5.58 Å². The predicted octanol–water partition coefficient (Wildman–Crippen LogP) is 3.51. The second-order valence-electron chi connectivity index (χ2n) is 7.11. The fraction of sp³-hybridized carbons (Fsp3) is 0.381. The van der Waals surface area contributed by atoms with Gasteiger partial charge in [-0.05, 0) is 45.7 Å². The van der Waals surface area contributed by atoms with E-state index in [0.29, 0.717) is 11.4 Å². The van der Waals surface area contributed by atoms with E-state index in [1.54, 1.807) is 24.9 Å². The van der Waals surface area contributed by atoms with Crippen molar-refractivity contribution in [2.75, 3.05) is 5.32 Å². The highest BCUT2D eigenvalue weighted by Crippen LogP contribution is 2.27. The number of nitrogens with one attached hydrogen (secondary N) is 1. The van der Waals surface area contributed by atoms with Crippen LogP contribution in [0.25, 0.3) is 11.0 Å². The number of anilines is 1. The van der Waals surface area contributed by atoms with Crippen LogP contribution < -0.4 is 5.32 Å². The first kappa shape index (κ1) is 19.7. The summed E-state index contributed by atoms with van der Waals surface area (Å²) < 4.78 is 12.6. The summed E-state index contributed by atoms with van der Waals surface area (Å²) in [6.45, 7) is 9.22. The summed E-state index contributed by atoms with van der Waals surface area (Å²) in [5.74, 6) is -0.876. The number of ether oxygens (including phenoxy) is 1. The number of carbonyl (C=O) groups is 2. The van der Waals surface area contributed by atoms with Crippen LogP contribution in [0, 0.1) is 27.7 Å². The Kier molecular flexibility index (Phi) is 5.27. The lowest BCUT2D eigenvalue weighted by Crippen LogP contribution is -2.30. The lowest BCUT2D eigenvalue weighted by molar-refractivity contribution is -0.152. The van der Waals surface area contributed by atoms with Crippen LogP contribution in [0.3, 0.4) is 0 Å². The van der Waals surface area contributed by atoms with Gasteiger partial charge in [-0.2, -0.15) is 5.10 Å². The Morgan fingerprint density at radius 3 is 2.61 bits per heavy atom. The number of benzene rings is 1. The van der Waals surface area contributed by atoms with Gasteiger partial charge in [0.2, 0.25) is 0 Å². The molecule has 0 aliphatic rings. The SMILES string of the molecule is Cc1ccc2c(CC(=O)O[C@H](C)C(=O)Nc3c(C)nn(C)c3C)coc2c1C. The minimum Gasteiger partial charge on any atom is -0.464 e. The van der Waals surface area contributed by atoms with Crippen molar-refractivity contribution in [3.63, 3.8) is 0 Å². The summed E-state index contributed by atoms with van der Waals surface area (Å²) in [5.41, 5.74) is 5.88. The van der Waals surface area contributed by atoms with E-state index in [1.807, 2.05) is 39.8 Å². The minimum atomic E-state index is -0.923. The summed E-state index contributed by atoms with van der Waals surface area (Å²) in [6, 6.07) is 3.94. The standard InChI is InChI=1S/C21H25N3O4/c1-11-7-8-17-16(10-27-20(17)12(11)2)9-18(25)28-15(5)21(26)22-19-13(3)23-24(6)14(19)4/h7-8,10,15H,9H2,1-6H3,(H,22,26)/t15-/m1/s1. The molecule has 7 nitrogen and oxygen atoms in total. The number of fused-ring (bicyclic) bond motifs is 1. The Bertz CT molecular complexity index is 1060. The molecular formula is C21H25N3O4. The minimum absolute atomic E-state index is 0.0398. The van der Waals surface area contributed by atoms with Crippen molar-refractivity contribution >= 4 is 28.5 Å². The van der Waals surface area contributed by atoms with E-state index in [9.17, 15) is 9.59 Å². The third kappa shape index (κ3) is 3.65. The van der Waals surface area contributed by atoms with Gasteiger partial charge in [-0.15, -0.1) is 0 Å². The largest absolute Gasteiger partial charge is 0.464 e. The number of amides is 1. The Balaban J connectivity index is 1.66. The van der Waals surface area contributed by atoms with E-state index >= 15 is 0 Å². The highest BCUT2D eigenvalue weighted by Gasteiger charge is 2.22. The van der Waals surface area contributed by atoms with Crippen LogP contribution in [0.2, 0.25) is 0 Å². The van der Waals surface area contributed by atoms with Crippen molar-refractivity contribution < 1.29 is 18.7 Å². The van der Waals surface area contributed by atoms with Crippen LogP contribution in [0.5, 0.6) is 0 Å². The third-order valence-corrected chi connectivity index (χ3v) is 5.11. The first-order chi connectivity index (χ1) is 13.2. The van der Waals surface area contributed by atoms with E-state index in [2.05, 4.69) is 10.4 Å². The van der Waals surface area contributed by atoms with E-state index in [0.717, 1.165) is 33.4 Å². The van der Waals surface area contributed by atoms with Gasteiger partial charge >= 0.3 is 5.97 Å². The van der Waals surface area contributed by atoms with Crippen LogP contribution in [-0.4, -0.2) is 27.8 Å². The van der Waals surface area contributed by atoms with Gasteiger partial charge in [0, 0.05) is 18.0 Å². The average Bonchev–Trinajstić information content (AvgIpc) is 3.14. The van der Waals surface area contributed by atoms with E-state index in [1.165, 1.54) is 0 Å². The van der Waals surface area contributed by atoms with Gasteiger partial charge in [-0.25, -0.2) is 0 Å². The molecule has 0 radical (unpaired) electrons. The quantitative estimate of drug-likeness (QED) is 0.681. The van der Waals surface area contributed by atoms with Gasteiger partial charge < -0.3 is 14.5 Å². The molecule has 3 rings (SSSR count). The van der Waals surface area contributed by atoms with Gasteiger partial charge in [0.25, 0.3) is 5.91 Å². The number of hydrogen-bond acceptors (Lipinski definition) is 5. The topological polar surface area (TPSA) is 86.4 Å². The molecule has 2 heterocycles. The Morgan fingerprint density at radius 1 is 1.25 bits per heavy atom. The number of aryl methyl sites for hydroxylation is 4. The Hall–Kier alpha value is -3.09. The predicted molar refractivity (Wildman–Crippen MR) is 106 cm³/mol. The van der Waals surface area contributed by atoms with Crippen LogP contribution in [0.4, 0.5) is 5.69 Å². The Labute approximate surface area is 163 Å². The average molecular weight is 383 g/mol. The molecule has 0 aliphatic heterocycles. The summed E-state index contributed by atoms with van der Waals surface area (Å²) in [5, 5.41) is 7.94. The molecular weight excluding hydrogens is 358 g/mol. The number of aromatic nitrogens is 2. The molecule has 0 saturated heterocycles. The highest BCUT2D eigenvalue weighted by molar-refractivity contribution is 5.96. The number of furan rings is 1. The number of hydrogen-bond donors (Lipinski definition) is 1. The van der Waals surface area contributed by atoms with Gasteiger partial charge in [0.15, 0.2) is 6.10 Å². The first-order valence-electron chi connectivity index (χ1n) is 9.15. The lowest BCUT2D eigenvalue weighted by atomic mass is 10.0. The molecule has 148 valence electrons. The van der Waals surface area contributed by atoms with E-state index in [-0.39, 0.29) is 6.42 Å². The molecule has 2 aromatic heterocycles. The van der Waals surface area contributed by atoms with Gasteiger partial charge in [-0.3, -0.25) is 14.3 Å². The molecule has 0 spiro atoms. The fourth-order valence-corrected chi connectivity index (χ4v) is 3.15. The number of esters is 1. The second kappa shape index (κ2) is 7.50. The molecule has 1 aromatic carbocycles. The molecule has 7 heteroatoms. The van der Waals surface area contributed by atoms with Gasteiger partial charge in [0.05, 0.1) is 29.8 Å². The molecule has 1 atom stereocenters. The van der Waals surface area contributed by atoms with Crippen molar-refractivity contribution in [2.45, 2.75) is 47.1 Å². The van der Waals surface area contributed by atoms with Crippen LogP contribution >= 0.6 is 0 Å². The monoisotopic (exact) mass is 383 g/mol. The van der Waals surface area contributed by atoms with Crippen molar-refractivity contribution in [1.29, 1.82) is 0 Å². The van der Waals surface area contributed by atoms with Gasteiger partial charge in [-0.1, -0.05) is 12.1 Å². The third-order valence-electron chi connectivity index (χ3n) is 5.11. The molecule has 0 fully saturated rings. The molecule has 0 bridgehead atoms. The van der Waals surface area contributed by atoms with Crippen LogP contribution in [-0.2, 0) is 27.8 Å². The smallest absolute Gasteiger partial charge is 0.311 e. The zero-order chi connectivity index (χ0) is 20.6. The molecule has 1 amide bonds. The maximum absolute atomic E-state index is 12.4. The zero-order valence-electron chi connectivity index (χ0n) is 17.0. The van der Waals surface area contributed by atoms with Crippen molar-refractivity contribution in [3.8, 4) is 0 Å². The van der Waals surface area contributed by atoms with Crippen LogP contribution in [0.15, 0.2) is 22.8 Å². The normalized spacial score (nSPS) is 12.2. The van der Waals surface area contributed by atoms with Crippen molar-refractivity contribution in [3.05, 3.63) is 46.5 Å². The summed E-state index contributed by atoms with van der Waals surface area (Å²) in [4.78, 5) is 24.8. The second-order valence-corrected chi connectivity index (χ2v) is 7.11. The first-order valence-corrected chi connectivity index (χ1v) is 9.15. The molecule has 0 aliphatic carbocycles. The maximum atomic E-state index is 12.4. The zero-order valence-corrected chi connectivity index (χ0v) is 17.0. The summed E-state index contributed by atoms with van der Waals surface area (Å²) >= 11 is 0. The van der Waals surface area contributed by atoms with Crippen LogP contribution in [0.1, 0.15) is 35.0 Å². The highest BCUT2D eigenvalue weighted by atomic mass is 16.5. The number of rotatable bonds is 5. The fourth-order valence-electron chi connectivity index (χ4n) is 3.15. The summed E-state index contributed by atoms with van der Waals surface area (Å²) in [7, 11) is 1.81. The molecule has 0 saturated carbocycles. The maximum Gasteiger partial charge on any atom is 0.311 e. The van der Waals surface area contributed by atoms with Crippen molar-refractivity contribution in [1.82, 2.24) is 9.78 Å². The molecule has 1 N–H and O–H groups in total. The molecule has 0 unspecified atom stereocenters. The van der Waals surface area contributed by atoms with E-state index in [4.69, 9.17) is 9.15 Å². The van der Waals surface area contributed by atoms with E-state index < -0.39 is 18.0 Å². The molecule has 28 heavy (non-hydrogen) atoms. The summed E-state index contributed by atoms with van der Waals surface area (Å²) in [6.07, 6.45) is 0.692.